The van der Waals surface area contributed by atoms with Crippen LogP contribution in [0.4, 0.5) is 0 Å². The van der Waals surface area contributed by atoms with E-state index in [1.165, 1.54) is 32.1 Å². The summed E-state index contributed by atoms with van der Waals surface area (Å²) in [5.41, 5.74) is 0. The van der Waals surface area contributed by atoms with Gasteiger partial charge < -0.3 is 9.64 Å². The van der Waals surface area contributed by atoms with Crippen molar-refractivity contribution in [2.24, 2.45) is 11.8 Å². The number of carbonyl (C=O) groups is 1. The van der Waals surface area contributed by atoms with Gasteiger partial charge in [-0.25, -0.2) is 0 Å². The van der Waals surface area contributed by atoms with Crippen LogP contribution < -0.4 is 4.74 Å². The molecular formula is C25H37NO2. The van der Waals surface area contributed by atoms with E-state index in [2.05, 4.69) is 11.8 Å². The topological polar surface area (TPSA) is 29.5 Å². The van der Waals surface area contributed by atoms with Gasteiger partial charge in [-0.15, -0.1) is 0 Å². The van der Waals surface area contributed by atoms with Gasteiger partial charge in [-0.3, -0.25) is 4.79 Å². The van der Waals surface area contributed by atoms with Crippen molar-refractivity contribution in [3.63, 3.8) is 0 Å². The zero-order chi connectivity index (χ0) is 19.3. The summed E-state index contributed by atoms with van der Waals surface area (Å²) < 4.78 is 6.26. The van der Waals surface area contributed by atoms with Crippen LogP contribution in [0.1, 0.15) is 84.0 Å². The second-order valence-corrected chi connectivity index (χ2v) is 9.38. The van der Waals surface area contributed by atoms with Crippen molar-refractivity contribution in [3.8, 4) is 5.75 Å². The molecule has 1 amide bonds. The molecule has 28 heavy (non-hydrogen) atoms. The molecule has 1 aliphatic carbocycles. The van der Waals surface area contributed by atoms with E-state index < -0.39 is 0 Å². The molecule has 2 heterocycles. The molecule has 3 atom stereocenters. The highest BCUT2D eigenvalue weighted by Crippen LogP contribution is 2.40. The molecule has 2 saturated heterocycles. The summed E-state index contributed by atoms with van der Waals surface area (Å²) in [6.07, 6.45) is 14.7. The highest BCUT2D eigenvalue weighted by atomic mass is 16.5. The molecule has 154 valence electrons. The number of para-hydroxylation sites is 1. The van der Waals surface area contributed by atoms with Gasteiger partial charge in [0.05, 0.1) is 0 Å². The van der Waals surface area contributed by atoms with Gasteiger partial charge >= 0.3 is 0 Å². The third-order valence-corrected chi connectivity index (χ3v) is 7.32. The molecule has 1 saturated carbocycles. The Labute approximate surface area is 170 Å². The van der Waals surface area contributed by atoms with Crippen LogP contribution in [0.25, 0.3) is 0 Å². The molecule has 2 bridgehead atoms. The molecule has 3 nitrogen and oxygen atoms in total. The minimum absolute atomic E-state index is 0.253. The number of piperidine rings is 1. The maximum Gasteiger partial charge on any atom is 0.226 e. The fourth-order valence-electron chi connectivity index (χ4n) is 6.00. The molecule has 0 radical (unpaired) electrons. The van der Waals surface area contributed by atoms with E-state index in [1.807, 2.05) is 30.3 Å². The molecule has 3 fully saturated rings. The van der Waals surface area contributed by atoms with E-state index in [-0.39, 0.29) is 12.0 Å². The van der Waals surface area contributed by atoms with Crippen LogP contribution in [0.5, 0.6) is 5.75 Å². The Kier molecular flexibility index (Phi) is 6.59. The van der Waals surface area contributed by atoms with Crippen LogP contribution >= 0.6 is 0 Å². The monoisotopic (exact) mass is 383 g/mol. The number of nitrogens with zero attached hydrogens (tertiary/aromatic N) is 1. The fourth-order valence-corrected chi connectivity index (χ4v) is 6.00. The average molecular weight is 384 g/mol. The normalized spacial score (nSPS) is 28.9. The fraction of sp³-hybridized carbons (Fsp3) is 0.720. The minimum atomic E-state index is 0.253. The SMILES string of the molecule is CCCC(CC1CCCCC1)C(=O)N1C2CCC1CC(Oc1ccccc1)C2. The molecule has 1 aromatic rings. The van der Waals surface area contributed by atoms with Crippen molar-refractivity contribution in [3.05, 3.63) is 30.3 Å². The van der Waals surface area contributed by atoms with Crippen molar-refractivity contribution in [2.45, 2.75) is 102 Å². The van der Waals surface area contributed by atoms with Gasteiger partial charge in [0.15, 0.2) is 0 Å². The summed E-state index contributed by atoms with van der Waals surface area (Å²) in [7, 11) is 0. The smallest absolute Gasteiger partial charge is 0.226 e. The van der Waals surface area contributed by atoms with Gasteiger partial charge in [-0.05, 0) is 43.7 Å². The molecule has 3 aliphatic rings. The van der Waals surface area contributed by atoms with Gasteiger partial charge in [0, 0.05) is 30.8 Å². The lowest BCUT2D eigenvalue weighted by molar-refractivity contribution is -0.142. The third-order valence-electron chi connectivity index (χ3n) is 7.32. The van der Waals surface area contributed by atoms with E-state index >= 15 is 0 Å². The molecule has 2 aliphatic heterocycles. The summed E-state index contributed by atoms with van der Waals surface area (Å²) in [6, 6.07) is 11.0. The van der Waals surface area contributed by atoms with Crippen LogP contribution in [0.3, 0.4) is 0 Å². The summed E-state index contributed by atoms with van der Waals surface area (Å²) in [5.74, 6) is 2.47. The number of rotatable bonds is 7. The molecule has 0 aromatic heterocycles. The van der Waals surface area contributed by atoms with Crippen molar-refractivity contribution in [1.29, 1.82) is 0 Å². The molecular weight excluding hydrogens is 346 g/mol. The number of ether oxygens (including phenoxy) is 1. The first-order valence-corrected chi connectivity index (χ1v) is 11.8. The Morgan fingerprint density at radius 2 is 1.71 bits per heavy atom. The molecule has 4 rings (SSSR count). The van der Waals surface area contributed by atoms with E-state index in [1.54, 1.807) is 0 Å². The highest BCUT2D eigenvalue weighted by Gasteiger charge is 2.45. The first kappa shape index (κ1) is 19.8. The first-order valence-electron chi connectivity index (χ1n) is 11.8. The zero-order valence-corrected chi connectivity index (χ0v) is 17.5. The number of carbonyl (C=O) groups excluding carboxylic acids is 1. The van der Waals surface area contributed by atoms with Crippen molar-refractivity contribution < 1.29 is 9.53 Å². The Morgan fingerprint density at radius 3 is 2.36 bits per heavy atom. The zero-order valence-electron chi connectivity index (χ0n) is 17.5. The Morgan fingerprint density at radius 1 is 1.04 bits per heavy atom. The second kappa shape index (κ2) is 9.33. The van der Waals surface area contributed by atoms with Crippen LogP contribution in [0.15, 0.2) is 30.3 Å². The van der Waals surface area contributed by atoms with E-state index in [0.29, 0.717) is 18.0 Å². The Hall–Kier alpha value is -1.51. The average Bonchev–Trinajstić information content (AvgIpc) is 2.99. The number of hydrogen-bond donors (Lipinski definition) is 0. The van der Waals surface area contributed by atoms with E-state index in [9.17, 15) is 4.79 Å². The maximum atomic E-state index is 13.6. The summed E-state index contributed by atoms with van der Waals surface area (Å²) >= 11 is 0. The van der Waals surface area contributed by atoms with Gasteiger partial charge in [0.2, 0.25) is 5.91 Å². The van der Waals surface area contributed by atoms with E-state index in [4.69, 9.17) is 4.74 Å². The maximum absolute atomic E-state index is 13.6. The Bertz CT molecular complexity index is 611. The molecule has 0 N–H and O–H groups in total. The molecule has 0 spiro atoms. The minimum Gasteiger partial charge on any atom is -0.490 e. The lowest BCUT2D eigenvalue weighted by Crippen LogP contribution is -2.51. The van der Waals surface area contributed by atoms with Gasteiger partial charge in [0.25, 0.3) is 0 Å². The highest BCUT2D eigenvalue weighted by molar-refractivity contribution is 5.80. The number of amides is 1. The number of hydrogen-bond acceptors (Lipinski definition) is 2. The van der Waals surface area contributed by atoms with Gasteiger partial charge in [-0.1, -0.05) is 63.6 Å². The molecule has 1 aromatic carbocycles. The van der Waals surface area contributed by atoms with Crippen molar-refractivity contribution in [2.75, 3.05) is 0 Å². The van der Waals surface area contributed by atoms with Crippen LogP contribution in [-0.2, 0) is 4.79 Å². The summed E-state index contributed by atoms with van der Waals surface area (Å²) in [4.78, 5) is 15.9. The lowest BCUT2D eigenvalue weighted by Gasteiger charge is -2.41. The quantitative estimate of drug-likeness (QED) is 0.580. The van der Waals surface area contributed by atoms with Crippen LogP contribution in [0.2, 0.25) is 0 Å². The lowest BCUT2D eigenvalue weighted by atomic mass is 9.80. The van der Waals surface area contributed by atoms with Crippen molar-refractivity contribution >= 4 is 5.91 Å². The number of benzene rings is 1. The molecule has 3 unspecified atom stereocenters. The van der Waals surface area contributed by atoms with Crippen LogP contribution in [0, 0.1) is 11.8 Å². The predicted molar refractivity (Wildman–Crippen MR) is 113 cm³/mol. The van der Waals surface area contributed by atoms with Gasteiger partial charge in [-0.2, -0.15) is 0 Å². The van der Waals surface area contributed by atoms with Crippen LogP contribution in [-0.4, -0.2) is 29.0 Å². The van der Waals surface area contributed by atoms with Crippen molar-refractivity contribution in [1.82, 2.24) is 4.90 Å². The summed E-state index contributed by atoms with van der Waals surface area (Å²) in [5, 5.41) is 0. The van der Waals surface area contributed by atoms with Gasteiger partial charge in [0.1, 0.15) is 11.9 Å². The largest absolute Gasteiger partial charge is 0.490 e. The third kappa shape index (κ3) is 4.55. The number of fused-ring (bicyclic) bond motifs is 2. The second-order valence-electron chi connectivity index (χ2n) is 9.38. The first-order chi connectivity index (χ1) is 13.7. The predicted octanol–water partition coefficient (Wildman–Crippen LogP) is 5.97. The molecule has 3 heteroatoms. The standard InChI is InChI=1S/C25H37NO2/c1-2-9-20(16-19-10-5-3-6-11-19)25(27)26-21-14-15-22(26)18-24(17-21)28-23-12-7-4-8-13-23/h4,7-8,12-13,19-22,24H,2-3,5-6,9-11,14-18H2,1H3. The summed E-state index contributed by atoms with van der Waals surface area (Å²) in [6.45, 7) is 2.23. The van der Waals surface area contributed by atoms with E-state index in [0.717, 1.165) is 56.6 Å². The Balaban J connectivity index is 1.38.